The molecule has 15 heavy (non-hydrogen) atoms. The first-order chi connectivity index (χ1) is 7.16. The summed E-state index contributed by atoms with van der Waals surface area (Å²) in [4.78, 5) is 33.4. The van der Waals surface area contributed by atoms with E-state index in [2.05, 4.69) is 10.6 Å². The molecule has 0 bridgehead atoms. The van der Waals surface area contributed by atoms with Crippen LogP contribution in [0.25, 0.3) is 0 Å². The van der Waals surface area contributed by atoms with Gasteiger partial charge < -0.3 is 9.73 Å². The first kappa shape index (κ1) is 9.45. The van der Waals surface area contributed by atoms with Gasteiger partial charge in [0.2, 0.25) is 11.8 Å². The van der Waals surface area contributed by atoms with Crippen molar-refractivity contribution >= 4 is 17.7 Å². The highest BCUT2D eigenvalue weighted by Crippen LogP contribution is 2.04. The van der Waals surface area contributed by atoms with Crippen LogP contribution in [0.5, 0.6) is 0 Å². The summed E-state index contributed by atoms with van der Waals surface area (Å²) in [5.41, 5.74) is 0.321. The first-order valence-electron chi connectivity index (χ1n) is 4.33. The molecule has 0 radical (unpaired) electrons. The number of nitrogens with one attached hydrogen (secondary N) is 2. The van der Waals surface area contributed by atoms with Gasteiger partial charge in [-0.15, -0.1) is 0 Å². The maximum atomic E-state index is 11.5. The van der Waals surface area contributed by atoms with Crippen LogP contribution in [0.2, 0.25) is 0 Å². The Morgan fingerprint density at radius 1 is 1.53 bits per heavy atom. The standard InChI is InChI=1S/C9H8N2O4/c12-7-3-6(9(14)11-7)10-8(13)5-1-2-15-4-5/h1-2,4,6H,3H2,(H,10,13)(H,11,12,14). The van der Waals surface area contributed by atoms with E-state index in [0.717, 1.165) is 0 Å². The largest absolute Gasteiger partial charge is 0.472 e. The third-order valence-electron chi connectivity index (χ3n) is 2.06. The monoisotopic (exact) mass is 208 g/mol. The average molecular weight is 208 g/mol. The number of hydrogen-bond donors (Lipinski definition) is 2. The summed E-state index contributed by atoms with van der Waals surface area (Å²) in [7, 11) is 0. The molecule has 2 rings (SSSR count). The molecule has 6 nitrogen and oxygen atoms in total. The van der Waals surface area contributed by atoms with Crippen molar-refractivity contribution in [2.24, 2.45) is 0 Å². The number of carbonyl (C=O) groups is 3. The van der Waals surface area contributed by atoms with E-state index in [4.69, 9.17) is 4.42 Å². The summed E-state index contributed by atoms with van der Waals surface area (Å²) < 4.78 is 4.72. The lowest BCUT2D eigenvalue weighted by Gasteiger charge is -2.06. The van der Waals surface area contributed by atoms with Crippen LogP contribution in [0.4, 0.5) is 0 Å². The second-order valence-corrected chi connectivity index (χ2v) is 3.15. The molecule has 1 saturated heterocycles. The summed E-state index contributed by atoms with van der Waals surface area (Å²) in [5.74, 6) is -1.28. The van der Waals surface area contributed by atoms with Crippen molar-refractivity contribution in [1.29, 1.82) is 0 Å². The van der Waals surface area contributed by atoms with Crippen LogP contribution in [0.3, 0.4) is 0 Å². The minimum atomic E-state index is -0.778. The Kier molecular flexibility index (Phi) is 2.24. The Hall–Kier alpha value is -2.11. The van der Waals surface area contributed by atoms with E-state index in [0.29, 0.717) is 5.56 Å². The van der Waals surface area contributed by atoms with Crippen molar-refractivity contribution in [2.45, 2.75) is 12.5 Å². The SMILES string of the molecule is O=C1CC(NC(=O)c2ccoc2)C(=O)N1. The van der Waals surface area contributed by atoms with Crippen LogP contribution >= 0.6 is 0 Å². The summed E-state index contributed by atoms with van der Waals surface area (Å²) in [6.45, 7) is 0. The molecule has 78 valence electrons. The molecule has 1 aromatic rings. The number of amides is 3. The summed E-state index contributed by atoms with van der Waals surface area (Å²) >= 11 is 0. The molecular weight excluding hydrogens is 200 g/mol. The molecule has 1 atom stereocenters. The fourth-order valence-electron chi connectivity index (χ4n) is 1.31. The van der Waals surface area contributed by atoms with Gasteiger partial charge in [-0.25, -0.2) is 0 Å². The predicted molar refractivity (Wildman–Crippen MR) is 47.7 cm³/mol. The second kappa shape index (κ2) is 3.56. The van der Waals surface area contributed by atoms with Gasteiger partial charge in [0, 0.05) is 0 Å². The van der Waals surface area contributed by atoms with Crippen LogP contribution in [-0.4, -0.2) is 23.8 Å². The van der Waals surface area contributed by atoms with Crippen LogP contribution in [0.15, 0.2) is 23.0 Å². The zero-order valence-electron chi connectivity index (χ0n) is 7.65. The second-order valence-electron chi connectivity index (χ2n) is 3.15. The molecule has 1 aliphatic rings. The molecule has 0 aliphatic carbocycles. The topological polar surface area (TPSA) is 88.4 Å². The zero-order valence-corrected chi connectivity index (χ0v) is 7.65. The lowest BCUT2D eigenvalue weighted by molar-refractivity contribution is -0.125. The molecule has 1 unspecified atom stereocenters. The summed E-state index contributed by atoms with van der Waals surface area (Å²) in [6, 6.07) is 0.698. The smallest absolute Gasteiger partial charge is 0.255 e. The van der Waals surface area contributed by atoms with Gasteiger partial charge in [-0.3, -0.25) is 19.7 Å². The molecule has 2 heterocycles. The minimum Gasteiger partial charge on any atom is -0.472 e. The van der Waals surface area contributed by atoms with Gasteiger partial charge in [-0.1, -0.05) is 0 Å². The molecule has 1 aliphatic heterocycles. The highest BCUT2D eigenvalue weighted by molar-refractivity contribution is 6.08. The van der Waals surface area contributed by atoms with Crippen molar-refractivity contribution in [2.75, 3.05) is 0 Å². The van der Waals surface area contributed by atoms with E-state index < -0.39 is 17.9 Å². The molecule has 0 aromatic carbocycles. The lowest BCUT2D eigenvalue weighted by atomic mass is 10.2. The average Bonchev–Trinajstić information content (AvgIpc) is 2.76. The molecule has 2 N–H and O–H groups in total. The van der Waals surface area contributed by atoms with Crippen LogP contribution in [-0.2, 0) is 9.59 Å². The van der Waals surface area contributed by atoms with Gasteiger partial charge in [-0.2, -0.15) is 0 Å². The van der Waals surface area contributed by atoms with Gasteiger partial charge >= 0.3 is 0 Å². The van der Waals surface area contributed by atoms with E-state index in [9.17, 15) is 14.4 Å². The molecule has 1 fully saturated rings. The molecule has 3 amide bonds. The summed E-state index contributed by atoms with van der Waals surface area (Å²) in [5, 5.41) is 4.53. The highest BCUT2D eigenvalue weighted by atomic mass is 16.3. The summed E-state index contributed by atoms with van der Waals surface area (Å²) in [6.07, 6.45) is 2.61. The van der Waals surface area contributed by atoms with Gasteiger partial charge in [-0.05, 0) is 6.07 Å². The number of hydrogen-bond acceptors (Lipinski definition) is 4. The molecule has 0 spiro atoms. The van der Waals surface area contributed by atoms with Gasteiger partial charge in [0.15, 0.2) is 0 Å². The molecular formula is C9H8N2O4. The van der Waals surface area contributed by atoms with E-state index in [1.54, 1.807) is 0 Å². The van der Waals surface area contributed by atoms with Crippen molar-refractivity contribution < 1.29 is 18.8 Å². The quantitative estimate of drug-likeness (QED) is 0.636. The van der Waals surface area contributed by atoms with Crippen LogP contribution in [0, 0.1) is 0 Å². The molecule has 6 heteroatoms. The lowest BCUT2D eigenvalue weighted by Crippen LogP contribution is -2.40. The maximum Gasteiger partial charge on any atom is 0.255 e. The van der Waals surface area contributed by atoms with Gasteiger partial charge in [0.1, 0.15) is 12.3 Å². The van der Waals surface area contributed by atoms with Crippen molar-refractivity contribution in [3.63, 3.8) is 0 Å². The van der Waals surface area contributed by atoms with E-state index in [-0.39, 0.29) is 12.3 Å². The van der Waals surface area contributed by atoms with Crippen LogP contribution < -0.4 is 10.6 Å². The van der Waals surface area contributed by atoms with E-state index in [1.165, 1.54) is 18.6 Å². The third-order valence-corrected chi connectivity index (χ3v) is 2.06. The highest BCUT2D eigenvalue weighted by Gasteiger charge is 2.31. The number of imide groups is 1. The Morgan fingerprint density at radius 2 is 2.33 bits per heavy atom. The fraction of sp³-hybridized carbons (Fsp3) is 0.222. The Morgan fingerprint density at radius 3 is 2.87 bits per heavy atom. The third kappa shape index (κ3) is 1.88. The molecule has 1 aromatic heterocycles. The normalized spacial score (nSPS) is 20.1. The van der Waals surface area contributed by atoms with Crippen molar-refractivity contribution in [1.82, 2.24) is 10.6 Å². The fourth-order valence-corrected chi connectivity index (χ4v) is 1.31. The zero-order chi connectivity index (χ0) is 10.8. The Balaban J connectivity index is 2.01. The predicted octanol–water partition coefficient (Wildman–Crippen LogP) is -0.576. The maximum absolute atomic E-state index is 11.5. The Labute approximate surface area is 84.6 Å². The van der Waals surface area contributed by atoms with Gasteiger partial charge in [0.25, 0.3) is 5.91 Å². The Bertz CT molecular complexity index is 410. The van der Waals surface area contributed by atoms with Gasteiger partial charge in [0.05, 0.1) is 18.2 Å². The molecule has 0 saturated carbocycles. The number of carbonyl (C=O) groups excluding carboxylic acids is 3. The van der Waals surface area contributed by atoms with E-state index >= 15 is 0 Å². The van der Waals surface area contributed by atoms with Crippen LogP contribution in [0.1, 0.15) is 16.8 Å². The van der Waals surface area contributed by atoms with Crippen molar-refractivity contribution in [3.8, 4) is 0 Å². The van der Waals surface area contributed by atoms with Crippen molar-refractivity contribution in [3.05, 3.63) is 24.2 Å². The minimum absolute atomic E-state index is 0.0115. The first-order valence-corrected chi connectivity index (χ1v) is 4.33. The number of rotatable bonds is 2. The van der Waals surface area contributed by atoms with E-state index in [1.807, 2.05) is 0 Å². The number of furan rings is 1.